The van der Waals surface area contributed by atoms with Crippen LogP contribution >= 0.6 is 0 Å². The molecule has 0 saturated heterocycles. The molecule has 0 radical (unpaired) electrons. The highest BCUT2D eigenvalue weighted by Gasteiger charge is 2.22. The molecule has 2 aromatic carbocycles. The lowest BCUT2D eigenvalue weighted by Gasteiger charge is -2.37. The molecule has 0 unspecified atom stereocenters. The number of likely N-dealkylation sites (N-methyl/N-ethyl adjacent to an activating group) is 1. The van der Waals surface area contributed by atoms with Crippen LogP contribution in [-0.4, -0.2) is 26.0 Å². The highest BCUT2D eigenvalue weighted by atomic mass is 16.1. The molecule has 108 valence electrons. The first kappa shape index (κ1) is 13.3. The molecule has 21 heavy (non-hydrogen) atoms. The SMILES string of the molecule is CN1CCN(c2ccc(C(N)=O)cc2N)c2ccccc21. The van der Waals surface area contributed by atoms with E-state index in [0.717, 1.165) is 24.5 Å². The molecular formula is C16H18N4O. The van der Waals surface area contributed by atoms with Gasteiger partial charge in [-0.15, -0.1) is 0 Å². The van der Waals surface area contributed by atoms with E-state index in [-0.39, 0.29) is 0 Å². The number of amides is 1. The van der Waals surface area contributed by atoms with Crippen molar-refractivity contribution in [2.24, 2.45) is 5.73 Å². The lowest BCUT2D eigenvalue weighted by Crippen LogP contribution is -2.36. The van der Waals surface area contributed by atoms with Gasteiger partial charge in [-0.05, 0) is 30.3 Å². The Kier molecular flexibility index (Phi) is 3.17. The number of para-hydroxylation sites is 2. The van der Waals surface area contributed by atoms with Crippen LogP contribution in [0.25, 0.3) is 0 Å². The number of hydrogen-bond acceptors (Lipinski definition) is 4. The Morgan fingerprint density at radius 3 is 2.43 bits per heavy atom. The molecule has 1 aliphatic rings. The molecule has 2 aromatic rings. The number of nitrogens with two attached hydrogens (primary N) is 2. The summed E-state index contributed by atoms with van der Waals surface area (Å²) in [5.41, 5.74) is 15.6. The predicted molar refractivity (Wildman–Crippen MR) is 86.1 cm³/mol. The molecule has 5 heteroatoms. The zero-order valence-electron chi connectivity index (χ0n) is 11.9. The summed E-state index contributed by atoms with van der Waals surface area (Å²) in [6.45, 7) is 1.75. The Labute approximate surface area is 123 Å². The predicted octanol–water partition coefficient (Wildman–Crippen LogP) is 1.96. The summed E-state index contributed by atoms with van der Waals surface area (Å²) in [4.78, 5) is 15.6. The number of anilines is 4. The van der Waals surface area contributed by atoms with Crippen LogP contribution in [0.4, 0.5) is 22.7 Å². The lowest BCUT2D eigenvalue weighted by atomic mass is 10.1. The maximum Gasteiger partial charge on any atom is 0.248 e. The van der Waals surface area contributed by atoms with Crippen LogP contribution < -0.4 is 21.3 Å². The third-order valence-corrected chi connectivity index (χ3v) is 3.85. The molecule has 0 aromatic heterocycles. The average Bonchev–Trinajstić information content (AvgIpc) is 2.48. The lowest BCUT2D eigenvalue weighted by molar-refractivity contribution is 0.100. The summed E-state index contributed by atoms with van der Waals surface area (Å²) < 4.78 is 0. The largest absolute Gasteiger partial charge is 0.397 e. The highest BCUT2D eigenvalue weighted by Crippen LogP contribution is 2.39. The standard InChI is InChI=1S/C16H18N4O/c1-19-8-9-20(15-5-3-2-4-14(15)19)13-7-6-11(16(18)21)10-12(13)17/h2-7,10H,8-9,17H2,1H3,(H2,18,21). The third-order valence-electron chi connectivity index (χ3n) is 3.85. The molecule has 3 rings (SSSR count). The van der Waals surface area contributed by atoms with Gasteiger partial charge in [-0.25, -0.2) is 0 Å². The summed E-state index contributed by atoms with van der Waals surface area (Å²) in [6.07, 6.45) is 0. The molecule has 0 fully saturated rings. The van der Waals surface area contributed by atoms with Gasteiger partial charge in [0.15, 0.2) is 0 Å². The molecule has 1 amide bonds. The Morgan fingerprint density at radius 1 is 1.05 bits per heavy atom. The summed E-state index contributed by atoms with van der Waals surface area (Å²) in [5, 5.41) is 0. The third kappa shape index (κ3) is 2.27. The van der Waals surface area contributed by atoms with Crippen LogP contribution in [0, 0.1) is 0 Å². The van der Waals surface area contributed by atoms with Crippen molar-refractivity contribution in [3.05, 3.63) is 48.0 Å². The summed E-state index contributed by atoms with van der Waals surface area (Å²) in [6, 6.07) is 13.4. The number of nitrogen functional groups attached to an aromatic ring is 1. The fraction of sp³-hybridized carbons (Fsp3) is 0.188. The van der Waals surface area contributed by atoms with Gasteiger partial charge in [-0.3, -0.25) is 4.79 Å². The maximum atomic E-state index is 11.2. The smallest absolute Gasteiger partial charge is 0.248 e. The Bertz CT molecular complexity index is 698. The Balaban J connectivity index is 2.06. The van der Waals surface area contributed by atoms with Crippen molar-refractivity contribution in [3.8, 4) is 0 Å². The summed E-state index contributed by atoms with van der Waals surface area (Å²) in [5.74, 6) is -0.466. The monoisotopic (exact) mass is 282 g/mol. The molecule has 5 nitrogen and oxygen atoms in total. The van der Waals surface area contributed by atoms with E-state index in [1.807, 2.05) is 18.2 Å². The molecule has 0 saturated carbocycles. The van der Waals surface area contributed by atoms with Crippen molar-refractivity contribution >= 4 is 28.7 Å². The van der Waals surface area contributed by atoms with E-state index >= 15 is 0 Å². The van der Waals surface area contributed by atoms with Crippen molar-refractivity contribution in [1.29, 1.82) is 0 Å². The summed E-state index contributed by atoms with van der Waals surface area (Å²) >= 11 is 0. The second-order valence-corrected chi connectivity index (χ2v) is 5.20. The zero-order valence-corrected chi connectivity index (χ0v) is 11.9. The first-order valence-electron chi connectivity index (χ1n) is 6.85. The van der Waals surface area contributed by atoms with Crippen molar-refractivity contribution in [2.75, 3.05) is 35.7 Å². The van der Waals surface area contributed by atoms with E-state index < -0.39 is 5.91 Å². The van der Waals surface area contributed by atoms with E-state index in [4.69, 9.17) is 11.5 Å². The number of fused-ring (bicyclic) bond motifs is 1. The first-order valence-corrected chi connectivity index (χ1v) is 6.85. The highest BCUT2D eigenvalue weighted by molar-refractivity contribution is 5.95. The number of carbonyl (C=O) groups is 1. The zero-order chi connectivity index (χ0) is 15.0. The van der Waals surface area contributed by atoms with Crippen LogP contribution in [0.2, 0.25) is 0 Å². The quantitative estimate of drug-likeness (QED) is 0.826. The number of nitrogens with zero attached hydrogens (tertiary/aromatic N) is 2. The molecule has 0 spiro atoms. The fourth-order valence-corrected chi connectivity index (χ4v) is 2.71. The van der Waals surface area contributed by atoms with Crippen LogP contribution in [0.1, 0.15) is 10.4 Å². The van der Waals surface area contributed by atoms with Gasteiger partial charge in [0.1, 0.15) is 0 Å². The van der Waals surface area contributed by atoms with Gasteiger partial charge >= 0.3 is 0 Å². The van der Waals surface area contributed by atoms with E-state index in [0.29, 0.717) is 11.3 Å². The first-order chi connectivity index (χ1) is 10.1. The topological polar surface area (TPSA) is 75.6 Å². The minimum Gasteiger partial charge on any atom is -0.397 e. The normalized spacial score (nSPS) is 14.0. The van der Waals surface area contributed by atoms with Gasteiger partial charge in [0.2, 0.25) is 5.91 Å². The average molecular weight is 282 g/mol. The van der Waals surface area contributed by atoms with Gasteiger partial charge in [0.05, 0.1) is 22.7 Å². The van der Waals surface area contributed by atoms with Crippen molar-refractivity contribution in [1.82, 2.24) is 0 Å². The molecule has 4 N–H and O–H groups in total. The second kappa shape index (κ2) is 5.01. The van der Waals surface area contributed by atoms with Crippen molar-refractivity contribution < 1.29 is 4.79 Å². The van der Waals surface area contributed by atoms with Crippen LogP contribution in [0.15, 0.2) is 42.5 Å². The van der Waals surface area contributed by atoms with E-state index in [2.05, 4.69) is 29.0 Å². The van der Waals surface area contributed by atoms with Gasteiger partial charge in [-0.1, -0.05) is 12.1 Å². The number of rotatable bonds is 2. The van der Waals surface area contributed by atoms with E-state index in [1.165, 1.54) is 5.69 Å². The molecule has 1 aliphatic heterocycles. The molecule has 0 aliphatic carbocycles. The number of carbonyl (C=O) groups excluding carboxylic acids is 1. The number of hydrogen-bond donors (Lipinski definition) is 2. The van der Waals surface area contributed by atoms with Crippen molar-refractivity contribution in [3.63, 3.8) is 0 Å². The molecule has 0 bridgehead atoms. The molecule has 1 heterocycles. The molecule has 0 atom stereocenters. The van der Waals surface area contributed by atoms with Gasteiger partial charge in [0.25, 0.3) is 0 Å². The van der Waals surface area contributed by atoms with Crippen LogP contribution in [-0.2, 0) is 0 Å². The minimum atomic E-state index is -0.466. The molecular weight excluding hydrogens is 264 g/mol. The van der Waals surface area contributed by atoms with Crippen molar-refractivity contribution in [2.45, 2.75) is 0 Å². The fourth-order valence-electron chi connectivity index (χ4n) is 2.71. The van der Waals surface area contributed by atoms with E-state index in [9.17, 15) is 4.79 Å². The Morgan fingerprint density at radius 2 is 1.76 bits per heavy atom. The minimum absolute atomic E-state index is 0.429. The maximum absolute atomic E-state index is 11.2. The van der Waals surface area contributed by atoms with Gasteiger partial charge < -0.3 is 21.3 Å². The summed E-state index contributed by atoms with van der Waals surface area (Å²) in [7, 11) is 2.08. The van der Waals surface area contributed by atoms with Crippen LogP contribution in [0.5, 0.6) is 0 Å². The second-order valence-electron chi connectivity index (χ2n) is 5.20. The number of primary amides is 1. The number of benzene rings is 2. The van der Waals surface area contributed by atoms with Gasteiger partial charge in [0, 0.05) is 25.7 Å². The van der Waals surface area contributed by atoms with Crippen LogP contribution in [0.3, 0.4) is 0 Å². The van der Waals surface area contributed by atoms with E-state index in [1.54, 1.807) is 12.1 Å². The van der Waals surface area contributed by atoms with Gasteiger partial charge in [-0.2, -0.15) is 0 Å². The Hall–Kier alpha value is -2.69.